The van der Waals surface area contributed by atoms with E-state index in [4.69, 9.17) is 0 Å². The van der Waals surface area contributed by atoms with Crippen LogP contribution in [0, 0.1) is 17.0 Å². The molecule has 25 heavy (non-hydrogen) atoms. The van der Waals surface area contributed by atoms with Gasteiger partial charge in [-0.2, -0.15) is 0 Å². The van der Waals surface area contributed by atoms with E-state index >= 15 is 0 Å². The molecule has 126 valence electrons. The summed E-state index contributed by atoms with van der Waals surface area (Å²) in [6.07, 6.45) is 1.34. The van der Waals surface area contributed by atoms with Gasteiger partial charge in [-0.3, -0.25) is 25.1 Å². The first-order chi connectivity index (χ1) is 11.9. The smallest absolute Gasteiger partial charge is 0.267 e. The molecule has 8 heteroatoms. The molecule has 1 N–H and O–H groups in total. The lowest BCUT2D eigenvalue weighted by Gasteiger charge is -2.14. The minimum atomic E-state index is -0.558. The number of hydrogen-bond donors (Lipinski definition) is 1. The van der Waals surface area contributed by atoms with Crippen LogP contribution in [0.2, 0.25) is 0 Å². The lowest BCUT2D eigenvalue weighted by molar-refractivity contribution is -0.385. The predicted octanol–water partition coefficient (Wildman–Crippen LogP) is 3.13. The fourth-order valence-electron chi connectivity index (χ4n) is 2.43. The highest BCUT2D eigenvalue weighted by molar-refractivity contribution is 9.10. The normalized spacial score (nSPS) is 15.6. The van der Waals surface area contributed by atoms with Gasteiger partial charge in [0.2, 0.25) is 0 Å². The molecule has 0 aliphatic carbocycles. The zero-order valence-corrected chi connectivity index (χ0v) is 14.6. The molecule has 2 aromatic carbocycles. The van der Waals surface area contributed by atoms with Gasteiger partial charge in [0.05, 0.1) is 15.1 Å². The van der Waals surface area contributed by atoms with Gasteiger partial charge in [0.15, 0.2) is 0 Å². The molecule has 0 saturated carbocycles. The summed E-state index contributed by atoms with van der Waals surface area (Å²) in [6, 6.07) is 11.5. The molecule has 7 nitrogen and oxygen atoms in total. The third kappa shape index (κ3) is 3.29. The van der Waals surface area contributed by atoms with Gasteiger partial charge in [0.25, 0.3) is 17.5 Å². The van der Waals surface area contributed by atoms with Crippen molar-refractivity contribution in [3.05, 3.63) is 73.8 Å². The minimum Gasteiger partial charge on any atom is -0.267 e. The Morgan fingerprint density at radius 1 is 1.20 bits per heavy atom. The summed E-state index contributed by atoms with van der Waals surface area (Å²) in [7, 11) is 0. The molecule has 1 aliphatic rings. The van der Waals surface area contributed by atoms with Gasteiger partial charge >= 0.3 is 0 Å². The highest BCUT2D eigenvalue weighted by atomic mass is 79.9. The number of rotatable bonds is 3. The van der Waals surface area contributed by atoms with Gasteiger partial charge in [0, 0.05) is 6.07 Å². The number of hydrazine groups is 1. The second kappa shape index (κ2) is 6.48. The van der Waals surface area contributed by atoms with Crippen LogP contribution in [0.15, 0.2) is 52.5 Å². The monoisotopic (exact) mass is 401 g/mol. The van der Waals surface area contributed by atoms with E-state index in [-0.39, 0.29) is 11.3 Å². The molecule has 3 rings (SSSR count). The van der Waals surface area contributed by atoms with Gasteiger partial charge in [0.1, 0.15) is 5.57 Å². The topological polar surface area (TPSA) is 92.6 Å². The Balaban J connectivity index is 1.97. The standard InChI is InChI=1S/C17H12BrN3O4/c1-10-3-2-4-12(7-10)20-17(23)13(16(22)19-20)8-11-5-6-14(18)15(9-11)21(24)25/h2-9H,1H3,(H,19,22)/b13-8+. The van der Waals surface area contributed by atoms with E-state index in [9.17, 15) is 19.7 Å². The number of nitro benzene ring substituents is 1. The zero-order valence-electron chi connectivity index (χ0n) is 13.0. The lowest BCUT2D eigenvalue weighted by Crippen LogP contribution is -2.35. The Kier molecular flexibility index (Phi) is 4.37. The third-order valence-corrected chi connectivity index (χ3v) is 4.30. The quantitative estimate of drug-likeness (QED) is 0.370. The number of carbonyl (C=O) groups excluding carboxylic acids is 2. The molecular formula is C17H12BrN3O4. The molecule has 2 aromatic rings. The summed E-state index contributed by atoms with van der Waals surface area (Å²) in [5.41, 5.74) is 4.15. The van der Waals surface area contributed by atoms with E-state index in [1.807, 2.05) is 13.0 Å². The SMILES string of the molecule is Cc1cccc(N2NC(=O)/C(=C\c3ccc(Br)c([N+](=O)[O-])c3)C2=O)c1. The van der Waals surface area contributed by atoms with E-state index in [0.717, 1.165) is 10.6 Å². The van der Waals surface area contributed by atoms with E-state index in [1.54, 1.807) is 24.3 Å². The van der Waals surface area contributed by atoms with Crippen molar-refractivity contribution in [3.8, 4) is 0 Å². The zero-order chi connectivity index (χ0) is 18.1. The van der Waals surface area contributed by atoms with Crippen molar-refractivity contribution in [1.29, 1.82) is 0 Å². The third-order valence-electron chi connectivity index (χ3n) is 3.63. The Bertz CT molecular complexity index is 939. The average molecular weight is 402 g/mol. The fraction of sp³-hybridized carbons (Fsp3) is 0.0588. The number of hydrogen-bond acceptors (Lipinski definition) is 4. The molecule has 1 saturated heterocycles. The molecule has 0 unspecified atom stereocenters. The van der Waals surface area contributed by atoms with Crippen LogP contribution in [0.5, 0.6) is 0 Å². The van der Waals surface area contributed by atoms with Gasteiger partial charge in [-0.1, -0.05) is 18.2 Å². The maximum absolute atomic E-state index is 12.5. The van der Waals surface area contributed by atoms with Crippen LogP contribution in [-0.2, 0) is 9.59 Å². The number of amides is 2. The molecule has 2 amide bonds. The van der Waals surface area contributed by atoms with Crippen molar-refractivity contribution in [2.75, 3.05) is 5.01 Å². The lowest BCUT2D eigenvalue weighted by atomic mass is 10.1. The molecule has 1 fully saturated rings. The van der Waals surface area contributed by atoms with Crippen molar-refractivity contribution in [3.63, 3.8) is 0 Å². The van der Waals surface area contributed by atoms with Crippen LogP contribution in [0.4, 0.5) is 11.4 Å². The average Bonchev–Trinajstić information content (AvgIpc) is 2.84. The van der Waals surface area contributed by atoms with Crippen LogP contribution < -0.4 is 10.4 Å². The minimum absolute atomic E-state index is 0.0851. The molecule has 0 spiro atoms. The summed E-state index contributed by atoms with van der Waals surface area (Å²) in [6.45, 7) is 1.88. The number of nitrogens with one attached hydrogen (secondary N) is 1. The second-order valence-electron chi connectivity index (χ2n) is 5.45. The summed E-state index contributed by atoms with van der Waals surface area (Å²) >= 11 is 3.10. The predicted molar refractivity (Wildman–Crippen MR) is 95.6 cm³/mol. The number of halogens is 1. The van der Waals surface area contributed by atoms with Gasteiger partial charge in [-0.05, 0) is 58.3 Å². The Labute approximate surface area is 151 Å². The van der Waals surface area contributed by atoms with Crippen molar-refractivity contribution in [1.82, 2.24) is 5.43 Å². The highest BCUT2D eigenvalue weighted by Crippen LogP contribution is 2.28. The number of aryl methyl sites for hydroxylation is 1. The summed E-state index contributed by atoms with van der Waals surface area (Å²) < 4.78 is 0.322. The molecule has 0 atom stereocenters. The maximum Gasteiger partial charge on any atom is 0.284 e. The van der Waals surface area contributed by atoms with Crippen LogP contribution in [0.25, 0.3) is 6.08 Å². The summed E-state index contributed by atoms with van der Waals surface area (Å²) in [5.74, 6) is -1.07. The summed E-state index contributed by atoms with van der Waals surface area (Å²) in [5, 5.41) is 12.2. The Morgan fingerprint density at radius 3 is 2.64 bits per heavy atom. The number of benzene rings is 2. The van der Waals surface area contributed by atoms with E-state index in [0.29, 0.717) is 15.7 Å². The molecule has 0 aromatic heterocycles. The molecule has 0 bridgehead atoms. The van der Waals surface area contributed by atoms with Crippen molar-refractivity contribution in [2.45, 2.75) is 6.92 Å². The van der Waals surface area contributed by atoms with E-state index in [1.165, 1.54) is 18.2 Å². The van der Waals surface area contributed by atoms with Crippen LogP contribution >= 0.6 is 15.9 Å². The largest absolute Gasteiger partial charge is 0.284 e. The molecular weight excluding hydrogens is 390 g/mol. The van der Waals surface area contributed by atoms with Gasteiger partial charge in [-0.15, -0.1) is 0 Å². The maximum atomic E-state index is 12.5. The highest BCUT2D eigenvalue weighted by Gasteiger charge is 2.34. The van der Waals surface area contributed by atoms with E-state index in [2.05, 4.69) is 21.4 Å². The summed E-state index contributed by atoms with van der Waals surface area (Å²) in [4.78, 5) is 35.2. The Morgan fingerprint density at radius 2 is 1.96 bits per heavy atom. The number of nitro groups is 1. The van der Waals surface area contributed by atoms with Crippen molar-refractivity contribution < 1.29 is 14.5 Å². The van der Waals surface area contributed by atoms with Crippen LogP contribution in [-0.4, -0.2) is 16.7 Å². The van der Waals surface area contributed by atoms with E-state index < -0.39 is 16.7 Å². The molecule has 0 radical (unpaired) electrons. The molecule has 1 heterocycles. The number of anilines is 1. The second-order valence-corrected chi connectivity index (χ2v) is 6.30. The first-order valence-electron chi connectivity index (χ1n) is 7.24. The first-order valence-corrected chi connectivity index (χ1v) is 8.04. The molecule has 1 aliphatic heterocycles. The first kappa shape index (κ1) is 16.8. The number of nitrogens with zero attached hydrogens (tertiary/aromatic N) is 2. The van der Waals surface area contributed by atoms with Crippen LogP contribution in [0.3, 0.4) is 0 Å². The van der Waals surface area contributed by atoms with Gasteiger partial charge < -0.3 is 0 Å². The van der Waals surface area contributed by atoms with Crippen molar-refractivity contribution >= 4 is 45.2 Å². The number of carbonyl (C=O) groups is 2. The van der Waals surface area contributed by atoms with Gasteiger partial charge in [-0.25, -0.2) is 5.01 Å². The fourth-order valence-corrected chi connectivity index (χ4v) is 2.82. The Hall–Kier alpha value is -3.00. The van der Waals surface area contributed by atoms with Crippen LogP contribution in [0.1, 0.15) is 11.1 Å². The van der Waals surface area contributed by atoms with Crippen molar-refractivity contribution in [2.24, 2.45) is 0 Å².